The summed E-state index contributed by atoms with van der Waals surface area (Å²) < 4.78 is 0. The van der Waals surface area contributed by atoms with Gasteiger partial charge in [0.05, 0.1) is 12.1 Å². The molecule has 1 aromatic heterocycles. The highest BCUT2D eigenvalue weighted by atomic mass is 127. The Morgan fingerprint density at radius 1 is 1.25 bits per heavy atom. The van der Waals surface area contributed by atoms with E-state index < -0.39 is 0 Å². The molecule has 7 nitrogen and oxygen atoms in total. The van der Waals surface area contributed by atoms with Crippen LogP contribution < -0.4 is 16.0 Å². The van der Waals surface area contributed by atoms with Gasteiger partial charge < -0.3 is 16.0 Å². The van der Waals surface area contributed by atoms with E-state index in [2.05, 4.69) is 44.7 Å². The fourth-order valence-electron chi connectivity index (χ4n) is 3.40. The minimum absolute atomic E-state index is 0. The molecule has 1 fully saturated rings. The van der Waals surface area contributed by atoms with Crippen LogP contribution >= 0.6 is 24.0 Å². The third kappa shape index (κ3) is 8.72. The number of hydrogen-bond acceptors (Lipinski definition) is 4. The Bertz CT molecular complexity index is 583. The smallest absolute Gasteiger partial charge is 0.252 e. The van der Waals surface area contributed by atoms with E-state index in [1.165, 1.54) is 32.2 Å². The van der Waals surface area contributed by atoms with Gasteiger partial charge in [-0.1, -0.05) is 13.3 Å². The summed E-state index contributed by atoms with van der Waals surface area (Å²) in [7, 11) is 0. The number of hydrogen-bond donors (Lipinski definition) is 3. The number of piperidine rings is 1. The Kier molecular flexibility index (Phi) is 12.8. The number of aliphatic imine (C=N–C) groups is 1. The largest absolute Gasteiger partial charge is 0.357 e. The Morgan fingerprint density at radius 2 is 2.07 bits per heavy atom. The first kappa shape index (κ1) is 24.6. The Labute approximate surface area is 186 Å². The van der Waals surface area contributed by atoms with Crippen LogP contribution in [-0.4, -0.2) is 67.1 Å². The molecule has 1 saturated heterocycles. The molecule has 8 heteroatoms. The van der Waals surface area contributed by atoms with Crippen molar-refractivity contribution in [3.63, 3.8) is 0 Å². The predicted molar refractivity (Wildman–Crippen MR) is 125 cm³/mol. The van der Waals surface area contributed by atoms with Gasteiger partial charge in [-0.15, -0.1) is 24.0 Å². The number of pyridine rings is 1. The standard InChI is InChI=1S/C20H34N6O.HI/c1-3-18-9-5-6-14-26(18)15-13-25-20(22-4-2)24-12-11-23-19(27)17-8-7-10-21-16-17;/h7-8,10,16,18H,3-6,9,11-15H2,1-2H3,(H,23,27)(H2,22,24,25);1H. The lowest BCUT2D eigenvalue weighted by molar-refractivity contribution is 0.0954. The van der Waals surface area contributed by atoms with Crippen molar-refractivity contribution >= 4 is 35.8 Å². The summed E-state index contributed by atoms with van der Waals surface area (Å²) in [5, 5.41) is 9.43. The van der Waals surface area contributed by atoms with Crippen molar-refractivity contribution in [1.29, 1.82) is 0 Å². The zero-order chi connectivity index (χ0) is 19.3. The lowest BCUT2D eigenvalue weighted by atomic mass is 10.0. The number of carbonyl (C=O) groups excluding carboxylic acids is 1. The molecule has 2 rings (SSSR count). The summed E-state index contributed by atoms with van der Waals surface area (Å²) in [4.78, 5) is 23.2. The molecule has 1 aliphatic heterocycles. The predicted octanol–water partition coefficient (Wildman–Crippen LogP) is 2.25. The summed E-state index contributed by atoms with van der Waals surface area (Å²) >= 11 is 0. The number of carbonyl (C=O) groups is 1. The molecular formula is C20H35IN6O. The van der Waals surface area contributed by atoms with E-state index in [0.29, 0.717) is 24.7 Å². The number of aromatic nitrogens is 1. The number of amides is 1. The molecule has 0 spiro atoms. The highest BCUT2D eigenvalue weighted by molar-refractivity contribution is 14.0. The fraction of sp³-hybridized carbons (Fsp3) is 0.650. The second-order valence-corrected chi connectivity index (χ2v) is 6.78. The molecular weight excluding hydrogens is 467 g/mol. The number of guanidine groups is 1. The monoisotopic (exact) mass is 502 g/mol. The first-order chi connectivity index (χ1) is 13.2. The first-order valence-corrected chi connectivity index (χ1v) is 10.2. The van der Waals surface area contributed by atoms with Crippen molar-refractivity contribution in [3.05, 3.63) is 30.1 Å². The molecule has 0 saturated carbocycles. The summed E-state index contributed by atoms with van der Waals surface area (Å²) in [5.41, 5.74) is 0.574. The van der Waals surface area contributed by atoms with Crippen molar-refractivity contribution < 1.29 is 4.79 Å². The van der Waals surface area contributed by atoms with Gasteiger partial charge in [-0.25, -0.2) is 0 Å². The maximum atomic E-state index is 12.0. The van der Waals surface area contributed by atoms with Crippen LogP contribution in [0.25, 0.3) is 0 Å². The third-order valence-electron chi connectivity index (χ3n) is 4.85. The molecule has 0 aromatic carbocycles. The molecule has 1 aliphatic rings. The number of likely N-dealkylation sites (tertiary alicyclic amines) is 1. The topological polar surface area (TPSA) is 81.7 Å². The van der Waals surface area contributed by atoms with Crippen LogP contribution in [0.15, 0.2) is 29.5 Å². The fourth-order valence-corrected chi connectivity index (χ4v) is 3.40. The van der Waals surface area contributed by atoms with Gasteiger partial charge in [0.1, 0.15) is 0 Å². The average molecular weight is 502 g/mol. The Morgan fingerprint density at radius 3 is 2.79 bits per heavy atom. The lowest BCUT2D eigenvalue weighted by Crippen LogP contribution is -2.43. The molecule has 1 atom stereocenters. The van der Waals surface area contributed by atoms with E-state index in [1.807, 2.05) is 0 Å². The van der Waals surface area contributed by atoms with Gasteiger partial charge in [0.2, 0.25) is 0 Å². The van der Waals surface area contributed by atoms with Gasteiger partial charge in [0, 0.05) is 44.6 Å². The van der Waals surface area contributed by atoms with Crippen molar-refractivity contribution in [2.24, 2.45) is 4.99 Å². The van der Waals surface area contributed by atoms with Crippen LogP contribution in [0.1, 0.15) is 49.9 Å². The second kappa shape index (κ2) is 14.6. The van der Waals surface area contributed by atoms with Crippen LogP contribution in [0.5, 0.6) is 0 Å². The van der Waals surface area contributed by atoms with Gasteiger partial charge >= 0.3 is 0 Å². The molecule has 28 heavy (non-hydrogen) atoms. The van der Waals surface area contributed by atoms with Crippen molar-refractivity contribution in [1.82, 2.24) is 25.8 Å². The van der Waals surface area contributed by atoms with Crippen molar-refractivity contribution in [2.45, 2.75) is 45.6 Å². The molecule has 0 radical (unpaired) electrons. The molecule has 0 aliphatic carbocycles. The summed E-state index contributed by atoms with van der Waals surface area (Å²) in [6, 6.07) is 4.23. The molecule has 1 amide bonds. The third-order valence-corrected chi connectivity index (χ3v) is 4.85. The minimum atomic E-state index is -0.109. The van der Waals surface area contributed by atoms with E-state index in [0.717, 1.165) is 25.6 Å². The minimum Gasteiger partial charge on any atom is -0.357 e. The SMILES string of the molecule is CCNC(=NCCN1CCCCC1CC)NCCNC(=O)c1cccnc1.I. The number of halogens is 1. The van der Waals surface area contributed by atoms with E-state index in [9.17, 15) is 4.79 Å². The summed E-state index contributed by atoms with van der Waals surface area (Å²) in [6.45, 7) is 9.28. The quantitative estimate of drug-likeness (QED) is 0.209. The van der Waals surface area contributed by atoms with Gasteiger partial charge in [0.15, 0.2) is 5.96 Å². The zero-order valence-corrected chi connectivity index (χ0v) is 19.4. The zero-order valence-electron chi connectivity index (χ0n) is 17.1. The Balaban J connectivity index is 0.00000392. The van der Waals surface area contributed by atoms with E-state index in [-0.39, 0.29) is 29.9 Å². The maximum Gasteiger partial charge on any atom is 0.252 e. The molecule has 3 N–H and O–H groups in total. The van der Waals surface area contributed by atoms with Gasteiger partial charge in [-0.05, 0) is 44.9 Å². The van der Waals surface area contributed by atoms with Crippen LogP contribution in [0, 0.1) is 0 Å². The average Bonchev–Trinajstić information content (AvgIpc) is 2.72. The van der Waals surface area contributed by atoms with Crippen LogP contribution in [0.2, 0.25) is 0 Å². The first-order valence-electron chi connectivity index (χ1n) is 10.2. The number of nitrogens with one attached hydrogen (secondary N) is 3. The molecule has 158 valence electrons. The second-order valence-electron chi connectivity index (χ2n) is 6.78. The maximum absolute atomic E-state index is 12.0. The van der Waals surface area contributed by atoms with Gasteiger partial charge in [-0.2, -0.15) is 0 Å². The molecule has 1 unspecified atom stereocenters. The van der Waals surface area contributed by atoms with Crippen LogP contribution in [0.4, 0.5) is 0 Å². The number of rotatable bonds is 9. The summed E-state index contributed by atoms with van der Waals surface area (Å²) in [5.74, 6) is 0.695. The molecule has 0 bridgehead atoms. The van der Waals surface area contributed by atoms with Crippen molar-refractivity contribution in [3.8, 4) is 0 Å². The highest BCUT2D eigenvalue weighted by Crippen LogP contribution is 2.18. The van der Waals surface area contributed by atoms with Crippen molar-refractivity contribution in [2.75, 3.05) is 39.3 Å². The molecule has 1 aromatic rings. The van der Waals surface area contributed by atoms with Gasteiger partial charge in [0.25, 0.3) is 5.91 Å². The van der Waals surface area contributed by atoms with E-state index in [4.69, 9.17) is 0 Å². The van der Waals surface area contributed by atoms with Gasteiger partial charge in [-0.3, -0.25) is 19.7 Å². The Hall–Kier alpha value is -1.42. The molecule has 2 heterocycles. The summed E-state index contributed by atoms with van der Waals surface area (Å²) in [6.07, 6.45) is 8.42. The highest BCUT2D eigenvalue weighted by Gasteiger charge is 2.19. The van der Waals surface area contributed by atoms with E-state index >= 15 is 0 Å². The number of nitrogens with zero attached hydrogens (tertiary/aromatic N) is 3. The van der Waals surface area contributed by atoms with Crippen LogP contribution in [0.3, 0.4) is 0 Å². The van der Waals surface area contributed by atoms with E-state index in [1.54, 1.807) is 24.5 Å². The van der Waals surface area contributed by atoms with Crippen LogP contribution in [-0.2, 0) is 0 Å². The lowest BCUT2D eigenvalue weighted by Gasteiger charge is -2.34. The normalized spacial score (nSPS) is 17.5.